The second-order valence-electron chi connectivity index (χ2n) is 5.15. The topological polar surface area (TPSA) is 58.4 Å². The second-order valence-corrected chi connectivity index (χ2v) is 5.15. The van der Waals surface area contributed by atoms with Gasteiger partial charge in [-0.1, -0.05) is 23.4 Å². The molecule has 0 fully saturated rings. The molecule has 0 aliphatic carbocycles. The highest BCUT2D eigenvalue weighted by atomic mass is 16.5. The molecule has 3 rings (SSSR count). The summed E-state index contributed by atoms with van der Waals surface area (Å²) in [6.45, 7) is 5.23. The van der Waals surface area contributed by atoms with Crippen molar-refractivity contribution in [2.45, 2.75) is 26.4 Å². The molecule has 2 heterocycles. The van der Waals surface area contributed by atoms with Gasteiger partial charge in [-0.2, -0.15) is 0 Å². The van der Waals surface area contributed by atoms with Gasteiger partial charge in [-0.05, 0) is 25.5 Å². The summed E-state index contributed by atoms with van der Waals surface area (Å²) in [4.78, 5) is 14.4. The summed E-state index contributed by atoms with van der Waals surface area (Å²) in [6.07, 6.45) is 0. The molecular formula is C15H17N3O2. The lowest BCUT2D eigenvalue weighted by atomic mass is 10.1. The molecule has 0 saturated carbocycles. The minimum Gasteiger partial charge on any atom is -0.361 e. The third-order valence-electron chi connectivity index (χ3n) is 3.47. The van der Waals surface area contributed by atoms with Gasteiger partial charge in [-0.15, -0.1) is 0 Å². The Bertz CT molecular complexity index is 636. The molecule has 1 atom stereocenters. The Hall–Kier alpha value is -2.14. The van der Waals surface area contributed by atoms with Crippen molar-refractivity contribution in [2.75, 3.05) is 11.4 Å². The molecule has 5 heteroatoms. The first-order chi connectivity index (χ1) is 9.65. The number of aryl methyl sites for hydroxylation is 1. The van der Waals surface area contributed by atoms with Crippen LogP contribution in [0.1, 0.15) is 28.7 Å². The van der Waals surface area contributed by atoms with Gasteiger partial charge in [0.25, 0.3) is 5.91 Å². The van der Waals surface area contributed by atoms with Crippen LogP contribution in [0.5, 0.6) is 0 Å². The predicted molar refractivity (Wildman–Crippen MR) is 75.7 cm³/mol. The van der Waals surface area contributed by atoms with Crippen molar-refractivity contribution in [1.82, 2.24) is 10.5 Å². The molecule has 1 aliphatic rings. The summed E-state index contributed by atoms with van der Waals surface area (Å²) >= 11 is 0. The molecular weight excluding hydrogens is 254 g/mol. The number of para-hydroxylation sites is 1. The van der Waals surface area contributed by atoms with Crippen LogP contribution in [0.25, 0.3) is 0 Å². The Morgan fingerprint density at radius 2 is 2.25 bits per heavy atom. The molecule has 2 aromatic rings. The molecule has 1 aromatic heterocycles. The first kappa shape index (κ1) is 12.9. The average molecular weight is 271 g/mol. The first-order valence-corrected chi connectivity index (χ1v) is 6.71. The van der Waals surface area contributed by atoms with Gasteiger partial charge in [0, 0.05) is 30.9 Å². The summed E-state index contributed by atoms with van der Waals surface area (Å²) in [7, 11) is 0. The largest absolute Gasteiger partial charge is 0.361 e. The van der Waals surface area contributed by atoms with E-state index in [0.717, 1.165) is 17.8 Å². The number of carbonyl (C=O) groups is 1. The molecule has 5 nitrogen and oxygen atoms in total. The molecule has 1 amide bonds. The van der Waals surface area contributed by atoms with Crippen LogP contribution in [0.15, 0.2) is 34.9 Å². The predicted octanol–water partition coefficient (Wildman–Crippen LogP) is 2.12. The molecule has 1 unspecified atom stereocenters. The van der Waals surface area contributed by atoms with E-state index in [-0.39, 0.29) is 11.9 Å². The number of fused-ring (bicyclic) bond motifs is 1. The van der Waals surface area contributed by atoms with E-state index in [2.05, 4.69) is 17.4 Å². The normalized spacial score (nSPS) is 18.5. The van der Waals surface area contributed by atoms with Crippen molar-refractivity contribution in [3.63, 3.8) is 0 Å². The molecule has 0 spiro atoms. The number of benzene rings is 1. The van der Waals surface area contributed by atoms with Gasteiger partial charge >= 0.3 is 0 Å². The van der Waals surface area contributed by atoms with Gasteiger partial charge < -0.3 is 14.7 Å². The number of nitrogens with one attached hydrogen (secondary N) is 1. The zero-order valence-corrected chi connectivity index (χ0v) is 11.6. The van der Waals surface area contributed by atoms with Gasteiger partial charge in [0.1, 0.15) is 5.76 Å². The Balaban J connectivity index is 2.00. The molecule has 20 heavy (non-hydrogen) atoms. The van der Waals surface area contributed by atoms with Crippen LogP contribution < -0.4 is 10.2 Å². The monoisotopic (exact) mass is 271 g/mol. The van der Waals surface area contributed by atoms with Crippen molar-refractivity contribution >= 4 is 11.6 Å². The van der Waals surface area contributed by atoms with E-state index in [0.29, 0.717) is 18.0 Å². The van der Waals surface area contributed by atoms with Crippen LogP contribution in [0, 0.1) is 6.92 Å². The van der Waals surface area contributed by atoms with Crippen molar-refractivity contribution in [2.24, 2.45) is 0 Å². The quantitative estimate of drug-likeness (QED) is 0.863. The van der Waals surface area contributed by atoms with Crippen LogP contribution in [0.4, 0.5) is 5.69 Å². The van der Waals surface area contributed by atoms with Crippen LogP contribution in [0.2, 0.25) is 0 Å². The lowest BCUT2D eigenvalue weighted by Gasteiger charge is -2.23. The standard InChI is InChI=1S/C15H17N3O2/c1-10-9-18(15(19)13-7-11(2)20-17-13)14-6-4-3-5-12(14)8-16-10/h3-7,10,16H,8-9H2,1-2H3. The van der Waals surface area contributed by atoms with E-state index < -0.39 is 0 Å². The maximum absolute atomic E-state index is 12.6. The maximum Gasteiger partial charge on any atom is 0.280 e. The van der Waals surface area contributed by atoms with Gasteiger partial charge in [-0.25, -0.2) is 0 Å². The summed E-state index contributed by atoms with van der Waals surface area (Å²) in [5, 5.41) is 7.24. The summed E-state index contributed by atoms with van der Waals surface area (Å²) in [5.41, 5.74) is 2.41. The second kappa shape index (κ2) is 5.09. The third kappa shape index (κ3) is 2.32. The smallest absolute Gasteiger partial charge is 0.280 e. The Morgan fingerprint density at radius 1 is 1.45 bits per heavy atom. The van der Waals surface area contributed by atoms with Crippen molar-refractivity contribution in [3.05, 3.63) is 47.3 Å². The highest BCUT2D eigenvalue weighted by Gasteiger charge is 2.26. The zero-order chi connectivity index (χ0) is 14.1. The molecule has 0 bridgehead atoms. The Kier molecular flexibility index (Phi) is 3.28. The summed E-state index contributed by atoms with van der Waals surface area (Å²) < 4.78 is 5.01. The first-order valence-electron chi connectivity index (χ1n) is 6.71. The van der Waals surface area contributed by atoms with E-state index in [1.807, 2.05) is 24.3 Å². The Morgan fingerprint density at radius 3 is 3.00 bits per heavy atom. The molecule has 104 valence electrons. The zero-order valence-electron chi connectivity index (χ0n) is 11.6. The molecule has 0 radical (unpaired) electrons. The third-order valence-corrected chi connectivity index (χ3v) is 3.47. The number of hydrogen-bond donors (Lipinski definition) is 1. The number of rotatable bonds is 1. The molecule has 1 N–H and O–H groups in total. The van der Waals surface area contributed by atoms with Crippen molar-refractivity contribution in [1.29, 1.82) is 0 Å². The van der Waals surface area contributed by atoms with Gasteiger partial charge in [0.15, 0.2) is 5.69 Å². The number of nitrogens with zero attached hydrogens (tertiary/aromatic N) is 2. The summed E-state index contributed by atoms with van der Waals surface area (Å²) in [6, 6.07) is 9.84. The van der Waals surface area contributed by atoms with E-state index in [1.54, 1.807) is 17.9 Å². The van der Waals surface area contributed by atoms with E-state index in [1.165, 1.54) is 0 Å². The minimum absolute atomic E-state index is 0.121. The highest BCUT2D eigenvalue weighted by Crippen LogP contribution is 2.25. The maximum atomic E-state index is 12.6. The molecule has 1 aliphatic heterocycles. The summed E-state index contributed by atoms with van der Waals surface area (Å²) in [5.74, 6) is 0.521. The highest BCUT2D eigenvalue weighted by molar-refractivity contribution is 6.05. The molecule has 1 aromatic carbocycles. The average Bonchev–Trinajstić information content (AvgIpc) is 2.81. The minimum atomic E-state index is -0.121. The fraction of sp³-hybridized carbons (Fsp3) is 0.333. The van der Waals surface area contributed by atoms with Crippen LogP contribution in [-0.4, -0.2) is 23.7 Å². The number of anilines is 1. The van der Waals surface area contributed by atoms with Crippen LogP contribution in [-0.2, 0) is 6.54 Å². The number of hydrogen-bond acceptors (Lipinski definition) is 4. The lowest BCUT2D eigenvalue weighted by molar-refractivity contribution is 0.0976. The fourth-order valence-corrected chi connectivity index (χ4v) is 2.44. The van der Waals surface area contributed by atoms with E-state index in [4.69, 9.17) is 4.52 Å². The number of amides is 1. The van der Waals surface area contributed by atoms with Crippen molar-refractivity contribution in [3.8, 4) is 0 Å². The van der Waals surface area contributed by atoms with Crippen LogP contribution >= 0.6 is 0 Å². The number of aromatic nitrogens is 1. The van der Waals surface area contributed by atoms with Crippen molar-refractivity contribution < 1.29 is 9.32 Å². The lowest BCUT2D eigenvalue weighted by Crippen LogP contribution is -2.39. The van der Waals surface area contributed by atoms with E-state index in [9.17, 15) is 4.79 Å². The SMILES string of the molecule is Cc1cc(C(=O)N2CC(C)NCc3ccccc32)no1. The van der Waals surface area contributed by atoms with E-state index >= 15 is 0 Å². The van der Waals surface area contributed by atoms with Gasteiger partial charge in [0.05, 0.1) is 0 Å². The van der Waals surface area contributed by atoms with Gasteiger partial charge in [-0.3, -0.25) is 4.79 Å². The fourth-order valence-electron chi connectivity index (χ4n) is 2.44. The van der Waals surface area contributed by atoms with Crippen LogP contribution in [0.3, 0.4) is 0 Å². The van der Waals surface area contributed by atoms with Gasteiger partial charge in [0.2, 0.25) is 0 Å². The Labute approximate surface area is 117 Å². The molecule has 0 saturated heterocycles. The number of carbonyl (C=O) groups excluding carboxylic acids is 1.